The highest BCUT2D eigenvalue weighted by molar-refractivity contribution is 5.38. The zero-order valence-corrected chi connectivity index (χ0v) is 8.91. The van der Waals surface area contributed by atoms with Crippen LogP contribution >= 0.6 is 0 Å². The summed E-state index contributed by atoms with van der Waals surface area (Å²) in [4.78, 5) is 8.38. The smallest absolute Gasteiger partial charge is 0.224 e. The Morgan fingerprint density at radius 1 is 1.43 bits per heavy atom. The van der Waals surface area contributed by atoms with Crippen LogP contribution in [-0.4, -0.2) is 35.6 Å². The van der Waals surface area contributed by atoms with Gasteiger partial charge in [-0.05, 0) is 6.42 Å². The molecular formula is C9H17N5. The van der Waals surface area contributed by atoms with Crippen molar-refractivity contribution in [3.05, 3.63) is 12.3 Å². The van der Waals surface area contributed by atoms with Crippen LogP contribution in [0.25, 0.3) is 0 Å². The second-order valence-corrected chi connectivity index (χ2v) is 3.20. The molecule has 1 rings (SSSR count). The number of hydrogen-bond donors (Lipinski definition) is 2. The predicted octanol–water partition coefficient (Wildman–Crippen LogP) is 1.19. The fourth-order valence-electron chi connectivity index (χ4n) is 0.972. The van der Waals surface area contributed by atoms with Crippen molar-refractivity contribution in [2.24, 2.45) is 0 Å². The van der Waals surface area contributed by atoms with Gasteiger partial charge in [0.15, 0.2) is 0 Å². The molecule has 0 unspecified atom stereocenters. The van der Waals surface area contributed by atoms with E-state index in [0.717, 1.165) is 18.8 Å². The lowest BCUT2D eigenvalue weighted by molar-refractivity contribution is 0.492. The quantitative estimate of drug-likeness (QED) is 0.691. The third-order valence-corrected chi connectivity index (χ3v) is 1.53. The van der Waals surface area contributed by atoms with Gasteiger partial charge in [0, 0.05) is 32.9 Å². The lowest BCUT2D eigenvalue weighted by atomic mass is 10.5. The minimum atomic E-state index is 0.665. The van der Waals surface area contributed by atoms with E-state index in [2.05, 4.69) is 27.6 Å². The maximum atomic E-state index is 4.28. The van der Waals surface area contributed by atoms with E-state index < -0.39 is 0 Å². The molecule has 0 spiro atoms. The molecule has 0 radical (unpaired) electrons. The molecule has 1 heterocycles. The van der Waals surface area contributed by atoms with E-state index in [4.69, 9.17) is 0 Å². The molecule has 0 aliphatic rings. The summed E-state index contributed by atoms with van der Waals surface area (Å²) in [6.07, 6.45) is 2.80. The van der Waals surface area contributed by atoms with Gasteiger partial charge in [0.2, 0.25) is 5.95 Å². The van der Waals surface area contributed by atoms with E-state index >= 15 is 0 Å². The molecule has 0 aromatic carbocycles. The van der Waals surface area contributed by atoms with Gasteiger partial charge in [-0.25, -0.2) is 9.99 Å². The fourth-order valence-corrected chi connectivity index (χ4v) is 0.972. The normalized spacial score (nSPS) is 10.3. The SMILES string of the molecule is CCCNc1nccc(NN(C)C)n1. The third kappa shape index (κ3) is 3.57. The van der Waals surface area contributed by atoms with Crippen molar-refractivity contribution in [3.8, 4) is 0 Å². The molecule has 0 aliphatic heterocycles. The van der Waals surface area contributed by atoms with Crippen LogP contribution in [0, 0.1) is 0 Å². The number of nitrogens with zero attached hydrogens (tertiary/aromatic N) is 3. The van der Waals surface area contributed by atoms with E-state index in [0.29, 0.717) is 5.95 Å². The average Bonchev–Trinajstić information content (AvgIpc) is 2.14. The average molecular weight is 195 g/mol. The molecule has 0 saturated heterocycles. The van der Waals surface area contributed by atoms with Gasteiger partial charge in [0.05, 0.1) is 0 Å². The molecule has 0 amide bonds. The van der Waals surface area contributed by atoms with Crippen LogP contribution in [0.3, 0.4) is 0 Å². The Hall–Kier alpha value is -1.36. The highest BCUT2D eigenvalue weighted by Gasteiger charge is 1.97. The van der Waals surface area contributed by atoms with Gasteiger partial charge in [0.1, 0.15) is 5.82 Å². The number of nitrogens with one attached hydrogen (secondary N) is 2. The van der Waals surface area contributed by atoms with Gasteiger partial charge in [-0.1, -0.05) is 6.92 Å². The molecule has 2 N–H and O–H groups in total. The Kier molecular flexibility index (Phi) is 4.12. The fraction of sp³-hybridized carbons (Fsp3) is 0.556. The molecule has 0 saturated carbocycles. The van der Waals surface area contributed by atoms with Crippen molar-refractivity contribution in [3.63, 3.8) is 0 Å². The van der Waals surface area contributed by atoms with Gasteiger partial charge >= 0.3 is 0 Å². The van der Waals surface area contributed by atoms with Crippen LogP contribution in [0.5, 0.6) is 0 Å². The Bertz CT molecular complexity index is 274. The largest absolute Gasteiger partial charge is 0.354 e. The maximum Gasteiger partial charge on any atom is 0.224 e. The molecule has 0 bridgehead atoms. The van der Waals surface area contributed by atoms with Crippen LogP contribution < -0.4 is 10.7 Å². The van der Waals surface area contributed by atoms with E-state index in [9.17, 15) is 0 Å². The number of aromatic nitrogens is 2. The van der Waals surface area contributed by atoms with Crippen LogP contribution in [-0.2, 0) is 0 Å². The van der Waals surface area contributed by atoms with E-state index in [1.807, 2.05) is 25.2 Å². The summed E-state index contributed by atoms with van der Waals surface area (Å²) in [6, 6.07) is 1.83. The highest BCUT2D eigenvalue weighted by Crippen LogP contribution is 2.05. The van der Waals surface area contributed by atoms with Crippen LogP contribution in [0.15, 0.2) is 12.3 Å². The minimum absolute atomic E-state index is 0.665. The first-order chi connectivity index (χ1) is 6.72. The Morgan fingerprint density at radius 3 is 2.86 bits per heavy atom. The molecule has 1 aromatic rings. The lowest BCUT2D eigenvalue weighted by Crippen LogP contribution is -2.20. The molecule has 0 aliphatic carbocycles. The van der Waals surface area contributed by atoms with E-state index in [1.54, 1.807) is 6.20 Å². The molecular weight excluding hydrogens is 178 g/mol. The van der Waals surface area contributed by atoms with Crippen molar-refractivity contribution >= 4 is 11.8 Å². The summed E-state index contributed by atoms with van der Waals surface area (Å²) in [6.45, 7) is 3.00. The van der Waals surface area contributed by atoms with E-state index in [1.165, 1.54) is 0 Å². The number of rotatable bonds is 5. The molecule has 1 aromatic heterocycles. The van der Waals surface area contributed by atoms with Gasteiger partial charge in [-0.15, -0.1) is 0 Å². The highest BCUT2D eigenvalue weighted by atomic mass is 15.5. The summed E-state index contributed by atoms with van der Waals surface area (Å²) < 4.78 is 0. The maximum absolute atomic E-state index is 4.28. The first-order valence-corrected chi connectivity index (χ1v) is 4.73. The topological polar surface area (TPSA) is 53.1 Å². The number of hydrazine groups is 1. The van der Waals surface area contributed by atoms with Crippen molar-refractivity contribution in [2.45, 2.75) is 13.3 Å². The zero-order valence-electron chi connectivity index (χ0n) is 8.91. The molecule has 0 atom stereocenters. The zero-order chi connectivity index (χ0) is 10.4. The monoisotopic (exact) mass is 195 g/mol. The van der Waals surface area contributed by atoms with Gasteiger partial charge in [-0.2, -0.15) is 4.98 Å². The van der Waals surface area contributed by atoms with Crippen LogP contribution in [0.2, 0.25) is 0 Å². The van der Waals surface area contributed by atoms with Gasteiger partial charge in [-0.3, -0.25) is 0 Å². The molecule has 78 valence electrons. The Balaban J connectivity index is 2.59. The minimum Gasteiger partial charge on any atom is -0.354 e. The predicted molar refractivity (Wildman–Crippen MR) is 58.1 cm³/mol. The van der Waals surface area contributed by atoms with Crippen molar-refractivity contribution in [1.82, 2.24) is 15.0 Å². The summed E-state index contributed by atoms with van der Waals surface area (Å²) in [5.74, 6) is 1.46. The van der Waals surface area contributed by atoms with Crippen molar-refractivity contribution in [1.29, 1.82) is 0 Å². The Labute approximate surface area is 84.5 Å². The standard InChI is InChI=1S/C9H17N5/c1-4-6-10-9-11-7-5-8(12-9)13-14(2)3/h5,7H,4,6H2,1-3H3,(H2,10,11,12,13). The first kappa shape index (κ1) is 10.7. The summed E-state index contributed by atoms with van der Waals surface area (Å²) in [7, 11) is 3.84. The second kappa shape index (κ2) is 5.39. The van der Waals surface area contributed by atoms with Crippen molar-refractivity contribution in [2.75, 3.05) is 31.4 Å². The van der Waals surface area contributed by atoms with Crippen LogP contribution in [0.1, 0.15) is 13.3 Å². The number of hydrogen-bond acceptors (Lipinski definition) is 5. The lowest BCUT2D eigenvalue weighted by Gasteiger charge is -2.12. The van der Waals surface area contributed by atoms with E-state index in [-0.39, 0.29) is 0 Å². The second-order valence-electron chi connectivity index (χ2n) is 3.20. The summed E-state index contributed by atoms with van der Waals surface area (Å²) in [5.41, 5.74) is 3.06. The Morgan fingerprint density at radius 2 is 2.21 bits per heavy atom. The number of anilines is 2. The molecule has 0 fully saturated rings. The van der Waals surface area contributed by atoms with Gasteiger partial charge in [0.25, 0.3) is 0 Å². The van der Waals surface area contributed by atoms with Crippen LogP contribution in [0.4, 0.5) is 11.8 Å². The van der Waals surface area contributed by atoms with Gasteiger partial charge < -0.3 is 10.7 Å². The summed E-state index contributed by atoms with van der Waals surface area (Å²) in [5, 5.41) is 4.97. The van der Waals surface area contributed by atoms with Crippen molar-refractivity contribution < 1.29 is 0 Å². The summed E-state index contributed by atoms with van der Waals surface area (Å²) >= 11 is 0. The molecule has 5 nitrogen and oxygen atoms in total. The molecule has 14 heavy (non-hydrogen) atoms. The molecule has 5 heteroatoms. The first-order valence-electron chi connectivity index (χ1n) is 4.73. The third-order valence-electron chi connectivity index (χ3n) is 1.53.